The molecule has 0 rings (SSSR count). The lowest BCUT2D eigenvalue weighted by Gasteiger charge is -2.17. The van der Waals surface area contributed by atoms with Crippen LogP contribution in [0.3, 0.4) is 0 Å². The van der Waals surface area contributed by atoms with Crippen molar-refractivity contribution < 1.29 is 19.1 Å². The van der Waals surface area contributed by atoms with Crippen molar-refractivity contribution in [3.63, 3.8) is 0 Å². The second-order valence-electron chi connectivity index (χ2n) is 3.97. The van der Waals surface area contributed by atoms with Gasteiger partial charge in [-0.3, -0.25) is 9.59 Å². The molecule has 0 spiro atoms. The maximum Gasteiger partial charge on any atom is 0.317 e. The fraction of sp³-hybridized carbons (Fsp3) is 0.778. The summed E-state index contributed by atoms with van der Waals surface area (Å²) in [7, 11) is 1.24. The first-order chi connectivity index (χ1) is 5.85. The van der Waals surface area contributed by atoms with Gasteiger partial charge in [-0.05, 0) is 5.41 Å². The molecule has 0 aliphatic heterocycles. The highest BCUT2D eigenvalue weighted by Gasteiger charge is 2.16. The van der Waals surface area contributed by atoms with Crippen LogP contribution in [-0.4, -0.2) is 25.7 Å². The number of esters is 2. The van der Waals surface area contributed by atoms with Gasteiger partial charge in [0.05, 0.1) is 13.7 Å². The summed E-state index contributed by atoms with van der Waals surface area (Å²) in [5, 5.41) is 0. The molecule has 0 heterocycles. The molecule has 0 aliphatic rings. The fourth-order valence-corrected chi connectivity index (χ4v) is 0.538. The van der Waals surface area contributed by atoms with E-state index in [9.17, 15) is 9.59 Å². The Morgan fingerprint density at radius 2 is 1.69 bits per heavy atom. The van der Waals surface area contributed by atoms with Gasteiger partial charge < -0.3 is 9.47 Å². The van der Waals surface area contributed by atoms with E-state index in [1.54, 1.807) is 0 Å². The Balaban J connectivity index is 3.70. The van der Waals surface area contributed by atoms with E-state index in [-0.39, 0.29) is 11.8 Å². The minimum atomic E-state index is -0.570. The fourth-order valence-electron chi connectivity index (χ4n) is 0.538. The summed E-state index contributed by atoms with van der Waals surface area (Å²) in [5.41, 5.74) is -0.0776. The molecule has 0 unspecified atom stereocenters. The van der Waals surface area contributed by atoms with Gasteiger partial charge in [0, 0.05) is 0 Å². The quantitative estimate of drug-likeness (QED) is 0.492. The summed E-state index contributed by atoms with van der Waals surface area (Å²) >= 11 is 0. The number of hydrogen-bond donors (Lipinski definition) is 0. The number of methoxy groups -OCH3 is 1. The van der Waals surface area contributed by atoms with Gasteiger partial charge in [-0.25, -0.2) is 0 Å². The minimum Gasteiger partial charge on any atom is -0.469 e. The summed E-state index contributed by atoms with van der Waals surface area (Å²) in [6.45, 7) is 6.14. The summed E-state index contributed by atoms with van der Waals surface area (Å²) in [6.07, 6.45) is -0.313. The number of ether oxygens (including phenoxy) is 2. The molecule has 0 saturated carbocycles. The van der Waals surface area contributed by atoms with Crippen LogP contribution in [0.1, 0.15) is 27.2 Å². The van der Waals surface area contributed by atoms with E-state index in [1.165, 1.54) is 7.11 Å². The van der Waals surface area contributed by atoms with Crippen LogP contribution in [0.25, 0.3) is 0 Å². The third kappa shape index (κ3) is 7.31. The molecule has 0 aliphatic carbocycles. The average Bonchev–Trinajstić information content (AvgIpc) is 1.99. The summed E-state index contributed by atoms with van der Waals surface area (Å²) < 4.78 is 9.15. The lowest BCUT2D eigenvalue weighted by Crippen LogP contribution is -2.20. The molecule has 4 heteroatoms. The van der Waals surface area contributed by atoms with Crippen molar-refractivity contribution in [1.29, 1.82) is 0 Å². The number of hydrogen-bond acceptors (Lipinski definition) is 4. The summed E-state index contributed by atoms with van der Waals surface area (Å²) in [4.78, 5) is 21.6. The molecule has 0 fully saturated rings. The van der Waals surface area contributed by atoms with Crippen molar-refractivity contribution in [2.75, 3.05) is 13.7 Å². The van der Waals surface area contributed by atoms with Gasteiger partial charge in [0.2, 0.25) is 0 Å². The van der Waals surface area contributed by atoms with E-state index < -0.39 is 11.9 Å². The van der Waals surface area contributed by atoms with E-state index in [2.05, 4.69) is 4.74 Å². The zero-order valence-corrected chi connectivity index (χ0v) is 8.55. The molecule has 76 valence electrons. The molecule has 0 aromatic heterocycles. The Kier molecular flexibility index (Phi) is 4.45. The summed E-state index contributed by atoms with van der Waals surface area (Å²) in [5.74, 6) is -1.11. The Morgan fingerprint density at radius 1 is 1.15 bits per heavy atom. The maximum absolute atomic E-state index is 10.9. The first-order valence-electron chi connectivity index (χ1n) is 4.07. The average molecular weight is 188 g/mol. The van der Waals surface area contributed by atoms with Crippen LogP contribution in [0, 0.1) is 5.41 Å². The van der Waals surface area contributed by atoms with E-state index in [1.807, 2.05) is 20.8 Å². The molecule has 0 aromatic rings. The molecule has 0 N–H and O–H groups in total. The maximum atomic E-state index is 10.9. The van der Waals surface area contributed by atoms with Crippen molar-refractivity contribution in [2.45, 2.75) is 27.2 Å². The molecule has 0 radical (unpaired) electrons. The molecule has 0 bridgehead atoms. The van der Waals surface area contributed by atoms with Gasteiger partial charge in [-0.1, -0.05) is 20.8 Å². The Hall–Kier alpha value is -1.06. The van der Waals surface area contributed by atoms with Crippen LogP contribution in [0.4, 0.5) is 0 Å². The van der Waals surface area contributed by atoms with Crippen LogP contribution in [-0.2, 0) is 19.1 Å². The highest BCUT2D eigenvalue weighted by atomic mass is 16.5. The monoisotopic (exact) mass is 188 g/mol. The van der Waals surface area contributed by atoms with E-state index >= 15 is 0 Å². The standard InChI is InChI=1S/C9H16O4/c1-9(2,3)6-13-8(11)5-7(10)12-4/h5-6H2,1-4H3. The highest BCUT2D eigenvalue weighted by molar-refractivity contribution is 5.91. The second kappa shape index (κ2) is 4.84. The Morgan fingerprint density at radius 3 is 2.08 bits per heavy atom. The molecule has 0 amide bonds. The summed E-state index contributed by atoms with van der Waals surface area (Å²) in [6, 6.07) is 0. The molecule has 0 aromatic carbocycles. The predicted molar refractivity (Wildman–Crippen MR) is 47.0 cm³/mol. The normalized spacial score (nSPS) is 10.8. The number of rotatable bonds is 3. The third-order valence-electron chi connectivity index (χ3n) is 1.18. The Labute approximate surface area is 78.2 Å². The first-order valence-corrected chi connectivity index (χ1v) is 4.07. The number of carbonyl (C=O) groups excluding carboxylic acids is 2. The van der Waals surface area contributed by atoms with Crippen molar-refractivity contribution in [3.05, 3.63) is 0 Å². The molecule has 0 saturated heterocycles. The first kappa shape index (κ1) is 11.9. The van der Waals surface area contributed by atoms with Gasteiger partial charge in [0.1, 0.15) is 6.42 Å². The SMILES string of the molecule is COC(=O)CC(=O)OCC(C)(C)C. The van der Waals surface area contributed by atoms with Crippen molar-refractivity contribution in [1.82, 2.24) is 0 Å². The highest BCUT2D eigenvalue weighted by Crippen LogP contribution is 2.13. The number of carbonyl (C=O) groups is 2. The van der Waals surface area contributed by atoms with Crippen LogP contribution >= 0.6 is 0 Å². The molecular weight excluding hydrogens is 172 g/mol. The zero-order valence-electron chi connectivity index (χ0n) is 8.55. The third-order valence-corrected chi connectivity index (χ3v) is 1.18. The smallest absolute Gasteiger partial charge is 0.317 e. The molecule has 4 nitrogen and oxygen atoms in total. The zero-order chi connectivity index (χ0) is 10.5. The van der Waals surface area contributed by atoms with Crippen LogP contribution < -0.4 is 0 Å². The van der Waals surface area contributed by atoms with Crippen molar-refractivity contribution >= 4 is 11.9 Å². The largest absolute Gasteiger partial charge is 0.469 e. The van der Waals surface area contributed by atoms with E-state index in [4.69, 9.17) is 4.74 Å². The van der Waals surface area contributed by atoms with Gasteiger partial charge in [0.25, 0.3) is 0 Å². The van der Waals surface area contributed by atoms with E-state index in [0.717, 1.165) is 0 Å². The van der Waals surface area contributed by atoms with Crippen molar-refractivity contribution in [2.24, 2.45) is 5.41 Å². The van der Waals surface area contributed by atoms with Crippen LogP contribution in [0.2, 0.25) is 0 Å². The predicted octanol–water partition coefficient (Wildman–Crippen LogP) is 1.14. The van der Waals surface area contributed by atoms with E-state index in [0.29, 0.717) is 6.61 Å². The van der Waals surface area contributed by atoms with Crippen LogP contribution in [0.5, 0.6) is 0 Å². The molecule has 0 atom stereocenters. The lowest BCUT2D eigenvalue weighted by molar-refractivity contribution is -0.154. The second-order valence-corrected chi connectivity index (χ2v) is 3.97. The van der Waals surface area contributed by atoms with Crippen LogP contribution in [0.15, 0.2) is 0 Å². The molecular formula is C9H16O4. The van der Waals surface area contributed by atoms with Gasteiger partial charge in [-0.15, -0.1) is 0 Å². The molecule has 13 heavy (non-hydrogen) atoms. The van der Waals surface area contributed by atoms with Gasteiger partial charge in [0.15, 0.2) is 0 Å². The van der Waals surface area contributed by atoms with Crippen molar-refractivity contribution in [3.8, 4) is 0 Å². The lowest BCUT2D eigenvalue weighted by atomic mass is 9.99. The van der Waals surface area contributed by atoms with Gasteiger partial charge >= 0.3 is 11.9 Å². The van der Waals surface area contributed by atoms with Gasteiger partial charge in [-0.2, -0.15) is 0 Å². The Bertz CT molecular complexity index is 190. The topological polar surface area (TPSA) is 52.6 Å². The minimum absolute atomic E-state index is 0.0776.